The van der Waals surface area contributed by atoms with Crippen LogP contribution < -0.4 is 15.4 Å². The highest BCUT2D eigenvalue weighted by Crippen LogP contribution is 2.30. The van der Waals surface area contributed by atoms with Gasteiger partial charge in [0.05, 0.1) is 11.1 Å². The first-order chi connectivity index (χ1) is 12.2. The summed E-state index contributed by atoms with van der Waals surface area (Å²) in [4.78, 5) is 12.6. The van der Waals surface area contributed by atoms with Gasteiger partial charge in [-0.1, -0.05) is 24.3 Å². The van der Waals surface area contributed by atoms with E-state index in [0.29, 0.717) is 24.6 Å². The van der Waals surface area contributed by atoms with Crippen molar-refractivity contribution in [3.05, 3.63) is 36.4 Å². The molecule has 0 heterocycles. The molecular weight excluding hydrogens is 354 g/mol. The van der Waals surface area contributed by atoms with E-state index in [2.05, 4.69) is 4.72 Å². The molecule has 8 heteroatoms. The lowest BCUT2D eigenvalue weighted by atomic mass is 10.1. The first-order valence-electron chi connectivity index (χ1n) is 8.41. The Bertz CT molecular complexity index is 881. The van der Waals surface area contributed by atoms with Crippen LogP contribution in [-0.4, -0.2) is 39.8 Å². The molecule has 0 saturated carbocycles. The van der Waals surface area contributed by atoms with Crippen LogP contribution in [0.25, 0.3) is 10.8 Å². The molecule has 0 radical (unpaired) electrons. The maximum Gasteiger partial charge on any atom is 0.303 e. The minimum atomic E-state index is -3.79. The number of carboxylic acid groups (broad SMARTS) is 1. The molecule has 0 saturated heterocycles. The number of hydrogen-bond acceptors (Lipinski definition) is 5. The number of carbonyl (C=O) groups is 1. The number of nitrogens with two attached hydrogens (primary N) is 1. The Morgan fingerprint density at radius 2 is 1.81 bits per heavy atom. The number of aliphatic carboxylic acids is 1. The van der Waals surface area contributed by atoms with Crippen molar-refractivity contribution in [1.29, 1.82) is 0 Å². The average Bonchev–Trinajstić information content (AvgIpc) is 2.56. The standard InChI is InChI=1S/C18H25N3O4S/c1-21(2)15-9-5-8-14-13(15)7-6-10-16(14)26(24,25)20-17(19)11-3-4-12-18(22)23/h5-10,17,20H,3-4,11-12,19H2,1-2H3,(H,22,23)/t17-/m0/s1. The summed E-state index contributed by atoms with van der Waals surface area (Å²) < 4.78 is 28.1. The van der Waals surface area contributed by atoms with Crippen molar-refractivity contribution < 1.29 is 18.3 Å². The topological polar surface area (TPSA) is 113 Å². The molecule has 0 spiro atoms. The molecule has 0 bridgehead atoms. The predicted molar refractivity (Wildman–Crippen MR) is 103 cm³/mol. The lowest BCUT2D eigenvalue weighted by Crippen LogP contribution is -2.41. The molecule has 0 aromatic heterocycles. The molecule has 0 aliphatic rings. The molecule has 0 aliphatic heterocycles. The zero-order valence-electron chi connectivity index (χ0n) is 15.0. The number of carboxylic acids is 1. The third-order valence-corrected chi connectivity index (χ3v) is 5.64. The van der Waals surface area contributed by atoms with Crippen molar-refractivity contribution in [2.45, 2.75) is 36.7 Å². The lowest BCUT2D eigenvalue weighted by molar-refractivity contribution is -0.137. The smallest absolute Gasteiger partial charge is 0.303 e. The zero-order chi connectivity index (χ0) is 19.3. The maximum absolute atomic E-state index is 12.8. The van der Waals surface area contributed by atoms with Crippen molar-refractivity contribution in [2.75, 3.05) is 19.0 Å². The SMILES string of the molecule is CN(C)c1cccc2c(S(=O)(=O)N[C@H](N)CCCCC(=O)O)cccc12. The van der Waals surface area contributed by atoms with Gasteiger partial charge in [-0.15, -0.1) is 0 Å². The quantitative estimate of drug-likeness (QED) is 0.454. The summed E-state index contributed by atoms with van der Waals surface area (Å²) in [6.45, 7) is 0. The fourth-order valence-electron chi connectivity index (χ4n) is 2.85. The van der Waals surface area contributed by atoms with Crippen LogP contribution >= 0.6 is 0 Å². The van der Waals surface area contributed by atoms with Crippen LogP contribution in [0.3, 0.4) is 0 Å². The second-order valence-electron chi connectivity index (χ2n) is 6.39. The Morgan fingerprint density at radius 1 is 1.15 bits per heavy atom. The molecule has 0 fully saturated rings. The van der Waals surface area contributed by atoms with Crippen molar-refractivity contribution >= 4 is 32.5 Å². The maximum atomic E-state index is 12.8. The minimum Gasteiger partial charge on any atom is -0.481 e. The molecule has 142 valence electrons. The van der Waals surface area contributed by atoms with E-state index in [-0.39, 0.29) is 11.3 Å². The van der Waals surface area contributed by atoms with Gasteiger partial charge in [-0.3, -0.25) is 4.79 Å². The van der Waals surface area contributed by atoms with Gasteiger partial charge in [0, 0.05) is 37.0 Å². The van der Waals surface area contributed by atoms with E-state index in [4.69, 9.17) is 10.8 Å². The Balaban J connectivity index is 2.21. The summed E-state index contributed by atoms with van der Waals surface area (Å²) in [5.74, 6) is -0.869. The van der Waals surface area contributed by atoms with Gasteiger partial charge in [-0.25, -0.2) is 8.42 Å². The summed E-state index contributed by atoms with van der Waals surface area (Å²) in [5.41, 5.74) is 6.82. The third kappa shape index (κ3) is 4.94. The van der Waals surface area contributed by atoms with E-state index in [9.17, 15) is 13.2 Å². The molecule has 4 N–H and O–H groups in total. The second-order valence-corrected chi connectivity index (χ2v) is 8.07. The number of anilines is 1. The summed E-state index contributed by atoms with van der Waals surface area (Å²) in [6, 6.07) is 10.7. The van der Waals surface area contributed by atoms with Crippen LogP contribution in [-0.2, 0) is 14.8 Å². The van der Waals surface area contributed by atoms with Crippen molar-refractivity contribution in [1.82, 2.24) is 4.72 Å². The van der Waals surface area contributed by atoms with Gasteiger partial charge in [-0.2, -0.15) is 4.72 Å². The number of nitrogens with zero attached hydrogens (tertiary/aromatic N) is 1. The van der Waals surface area contributed by atoms with Crippen LogP contribution in [0.5, 0.6) is 0 Å². The molecule has 0 unspecified atom stereocenters. The molecular formula is C18H25N3O4S. The van der Waals surface area contributed by atoms with Crippen molar-refractivity contribution in [2.24, 2.45) is 5.73 Å². The summed E-state index contributed by atoms with van der Waals surface area (Å²) >= 11 is 0. The van der Waals surface area contributed by atoms with Crippen LogP contribution in [0.4, 0.5) is 5.69 Å². The molecule has 1 atom stereocenters. The van der Waals surface area contributed by atoms with E-state index in [1.807, 2.05) is 37.2 Å². The molecule has 0 amide bonds. The van der Waals surface area contributed by atoms with Crippen molar-refractivity contribution in [3.8, 4) is 0 Å². The highest BCUT2D eigenvalue weighted by atomic mass is 32.2. The largest absolute Gasteiger partial charge is 0.481 e. The zero-order valence-corrected chi connectivity index (χ0v) is 15.8. The fraction of sp³-hybridized carbons (Fsp3) is 0.389. The van der Waals surface area contributed by atoms with Gasteiger partial charge in [-0.05, 0) is 31.4 Å². The van der Waals surface area contributed by atoms with Crippen LogP contribution in [0.1, 0.15) is 25.7 Å². The molecule has 0 aliphatic carbocycles. The van der Waals surface area contributed by atoms with Gasteiger partial charge < -0.3 is 15.7 Å². The second kappa shape index (κ2) is 8.48. The van der Waals surface area contributed by atoms with E-state index < -0.39 is 22.2 Å². The van der Waals surface area contributed by atoms with E-state index in [1.54, 1.807) is 18.2 Å². The highest BCUT2D eigenvalue weighted by molar-refractivity contribution is 7.89. The number of benzene rings is 2. The van der Waals surface area contributed by atoms with Crippen LogP contribution in [0.15, 0.2) is 41.3 Å². The van der Waals surface area contributed by atoms with Gasteiger partial charge >= 0.3 is 5.97 Å². The Morgan fingerprint density at radius 3 is 2.46 bits per heavy atom. The van der Waals surface area contributed by atoms with E-state index in [1.165, 1.54) is 0 Å². The van der Waals surface area contributed by atoms with Crippen LogP contribution in [0, 0.1) is 0 Å². The average molecular weight is 379 g/mol. The monoisotopic (exact) mass is 379 g/mol. The Kier molecular flexibility index (Phi) is 6.57. The normalized spacial score (nSPS) is 12.9. The first-order valence-corrected chi connectivity index (χ1v) is 9.89. The summed E-state index contributed by atoms with van der Waals surface area (Å²) in [7, 11) is 0.0161. The Hall–Kier alpha value is -2.16. The van der Waals surface area contributed by atoms with E-state index >= 15 is 0 Å². The summed E-state index contributed by atoms with van der Waals surface area (Å²) in [6.07, 6.45) is 0.666. The molecule has 2 rings (SSSR count). The summed E-state index contributed by atoms with van der Waals surface area (Å²) in [5, 5.41) is 10.1. The van der Waals surface area contributed by atoms with E-state index in [0.717, 1.165) is 11.1 Å². The van der Waals surface area contributed by atoms with Gasteiger partial charge in [0.15, 0.2) is 0 Å². The minimum absolute atomic E-state index is 0.0517. The molecule has 2 aromatic carbocycles. The molecule has 26 heavy (non-hydrogen) atoms. The number of nitrogens with one attached hydrogen (secondary N) is 1. The van der Waals surface area contributed by atoms with Crippen molar-refractivity contribution in [3.63, 3.8) is 0 Å². The Labute approximate surface area is 153 Å². The van der Waals surface area contributed by atoms with Crippen LogP contribution in [0.2, 0.25) is 0 Å². The molecule has 2 aromatic rings. The predicted octanol–water partition coefficient (Wildman–Crippen LogP) is 2.11. The number of sulfonamides is 1. The third-order valence-electron chi connectivity index (χ3n) is 4.09. The molecule has 7 nitrogen and oxygen atoms in total. The number of unbranched alkanes of at least 4 members (excludes halogenated alkanes) is 1. The van der Waals surface area contributed by atoms with Gasteiger partial charge in [0.25, 0.3) is 0 Å². The number of fused-ring (bicyclic) bond motifs is 1. The number of hydrogen-bond donors (Lipinski definition) is 3. The lowest BCUT2D eigenvalue weighted by Gasteiger charge is -2.18. The highest BCUT2D eigenvalue weighted by Gasteiger charge is 2.20. The first kappa shape index (κ1) is 20.2. The van der Waals surface area contributed by atoms with Gasteiger partial charge in [0.1, 0.15) is 0 Å². The van der Waals surface area contributed by atoms with Gasteiger partial charge in [0.2, 0.25) is 10.0 Å². The number of rotatable bonds is 9. The fourth-order valence-corrected chi connectivity index (χ4v) is 4.22.